The van der Waals surface area contributed by atoms with Gasteiger partial charge in [0.1, 0.15) is 17.3 Å². The lowest BCUT2D eigenvalue weighted by atomic mass is 10.1. The molecule has 0 bridgehead atoms. The Morgan fingerprint density at radius 1 is 1.16 bits per heavy atom. The molecule has 128 valence electrons. The van der Waals surface area contributed by atoms with E-state index in [1.165, 1.54) is 4.70 Å². The fourth-order valence-corrected chi connectivity index (χ4v) is 3.95. The summed E-state index contributed by atoms with van der Waals surface area (Å²) in [5.74, 6) is 1.24. The summed E-state index contributed by atoms with van der Waals surface area (Å²) in [6, 6.07) is 15.5. The lowest BCUT2D eigenvalue weighted by Gasteiger charge is -2.09. The smallest absolute Gasteiger partial charge is 0.197 e. The van der Waals surface area contributed by atoms with Gasteiger partial charge in [-0.25, -0.2) is 4.98 Å². The van der Waals surface area contributed by atoms with Gasteiger partial charge in [-0.05, 0) is 42.8 Å². The number of nitrogens with zero attached hydrogens (tertiary/aromatic N) is 2. The largest absolute Gasteiger partial charge is 0.508 e. The van der Waals surface area contributed by atoms with Gasteiger partial charge >= 0.3 is 0 Å². The van der Waals surface area contributed by atoms with E-state index >= 15 is 0 Å². The third-order valence-corrected chi connectivity index (χ3v) is 5.13. The zero-order valence-corrected chi connectivity index (χ0v) is 14.7. The van der Waals surface area contributed by atoms with Crippen molar-refractivity contribution in [3.63, 3.8) is 0 Å². The number of rotatable bonds is 6. The van der Waals surface area contributed by atoms with Crippen molar-refractivity contribution in [1.82, 2.24) is 9.38 Å². The molecule has 0 spiro atoms. The summed E-state index contributed by atoms with van der Waals surface area (Å²) >= 11 is 1.68. The second-order valence-corrected chi connectivity index (χ2v) is 6.83. The van der Waals surface area contributed by atoms with Crippen LogP contribution in [-0.4, -0.2) is 34.8 Å². The average molecular weight is 353 g/mol. The quantitative estimate of drug-likeness (QED) is 0.505. The van der Waals surface area contributed by atoms with Crippen LogP contribution < -0.4 is 5.32 Å². The number of ether oxygens (including phenoxy) is 1. The molecule has 2 aromatic heterocycles. The number of hydrogen-bond donors (Lipinski definition) is 2. The molecular weight excluding hydrogens is 334 g/mol. The van der Waals surface area contributed by atoms with Crippen LogP contribution >= 0.6 is 11.3 Å². The van der Waals surface area contributed by atoms with Gasteiger partial charge in [-0.1, -0.05) is 23.5 Å². The predicted octanol–water partition coefficient (Wildman–Crippen LogP) is 4.37. The Bertz CT molecular complexity index is 1000. The van der Waals surface area contributed by atoms with Gasteiger partial charge in [0.15, 0.2) is 4.96 Å². The Labute approximate surface area is 149 Å². The van der Waals surface area contributed by atoms with E-state index in [0.29, 0.717) is 6.61 Å². The van der Waals surface area contributed by atoms with Crippen molar-refractivity contribution >= 4 is 32.3 Å². The lowest BCUT2D eigenvalue weighted by Crippen LogP contribution is -2.07. The third kappa shape index (κ3) is 2.94. The first-order valence-electron chi connectivity index (χ1n) is 8.20. The second kappa shape index (κ2) is 6.74. The first-order valence-corrected chi connectivity index (χ1v) is 9.02. The predicted molar refractivity (Wildman–Crippen MR) is 103 cm³/mol. The number of methoxy groups -OCH3 is 1. The Hall–Kier alpha value is -2.57. The molecule has 2 aromatic carbocycles. The van der Waals surface area contributed by atoms with Gasteiger partial charge < -0.3 is 15.2 Å². The van der Waals surface area contributed by atoms with E-state index in [1.807, 2.05) is 24.3 Å². The molecule has 2 heterocycles. The van der Waals surface area contributed by atoms with Gasteiger partial charge in [0.25, 0.3) is 0 Å². The first-order chi connectivity index (χ1) is 12.3. The van der Waals surface area contributed by atoms with Crippen molar-refractivity contribution in [2.24, 2.45) is 0 Å². The van der Waals surface area contributed by atoms with E-state index in [-0.39, 0.29) is 5.75 Å². The van der Waals surface area contributed by atoms with E-state index < -0.39 is 0 Å². The molecule has 0 aliphatic heterocycles. The summed E-state index contributed by atoms with van der Waals surface area (Å²) in [7, 11) is 1.71. The zero-order valence-electron chi connectivity index (χ0n) is 13.9. The third-order valence-electron chi connectivity index (χ3n) is 4.11. The number of hydrogen-bond acceptors (Lipinski definition) is 5. The summed E-state index contributed by atoms with van der Waals surface area (Å²) in [5.41, 5.74) is 3.02. The number of fused-ring (bicyclic) bond motifs is 3. The highest BCUT2D eigenvalue weighted by molar-refractivity contribution is 7.23. The van der Waals surface area contributed by atoms with Crippen LogP contribution in [0.2, 0.25) is 0 Å². The van der Waals surface area contributed by atoms with Gasteiger partial charge in [0.05, 0.1) is 10.2 Å². The van der Waals surface area contributed by atoms with Crippen LogP contribution in [0.5, 0.6) is 5.75 Å². The maximum absolute atomic E-state index is 9.56. The molecule has 0 amide bonds. The number of aromatic nitrogens is 2. The molecule has 0 atom stereocenters. The zero-order chi connectivity index (χ0) is 17.2. The molecule has 5 nitrogen and oxygen atoms in total. The Kier molecular flexibility index (Phi) is 4.29. The number of para-hydroxylation sites is 1. The monoisotopic (exact) mass is 353 g/mol. The number of phenols is 1. The maximum Gasteiger partial charge on any atom is 0.197 e. The minimum Gasteiger partial charge on any atom is -0.508 e. The normalized spacial score (nSPS) is 11.4. The van der Waals surface area contributed by atoms with E-state index in [4.69, 9.17) is 9.72 Å². The summed E-state index contributed by atoms with van der Waals surface area (Å²) in [5, 5.41) is 13.1. The SMILES string of the molecule is COCCCNc1c(-c2ccc(O)cc2)nc2sc3ccccc3n12. The number of phenolic OH excluding ortho intramolecular Hbond substituents is 1. The average Bonchev–Trinajstić information content (AvgIpc) is 3.16. The Morgan fingerprint density at radius 3 is 2.76 bits per heavy atom. The molecule has 0 unspecified atom stereocenters. The molecule has 6 heteroatoms. The van der Waals surface area contributed by atoms with Crippen molar-refractivity contribution in [3.8, 4) is 17.0 Å². The van der Waals surface area contributed by atoms with E-state index in [2.05, 4.69) is 21.9 Å². The summed E-state index contributed by atoms with van der Waals surface area (Å²) in [6.07, 6.45) is 0.917. The van der Waals surface area contributed by atoms with Crippen LogP contribution in [0.4, 0.5) is 5.82 Å². The molecule has 4 aromatic rings. The molecule has 0 fully saturated rings. The summed E-state index contributed by atoms with van der Waals surface area (Å²) in [4.78, 5) is 5.81. The van der Waals surface area contributed by atoms with E-state index in [0.717, 1.165) is 40.5 Å². The van der Waals surface area contributed by atoms with Crippen LogP contribution in [0.1, 0.15) is 6.42 Å². The van der Waals surface area contributed by atoms with Gasteiger partial charge in [-0.3, -0.25) is 4.40 Å². The van der Waals surface area contributed by atoms with Gasteiger partial charge in [0, 0.05) is 25.8 Å². The Morgan fingerprint density at radius 2 is 1.96 bits per heavy atom. The first kappa shape index (κ1) is 15.9. The maximum atomic E-state index is 9.56. The van der Waals surface area contributed by atoms with Crippen LogP contribution in [0, 0.1) is 0 Å². The number of aromatic hydroxyl groups is 1. The van der Waals surface area contributed by atoms with Crippen molar-refractivity contribution in [1.29, 1.82) is 0 Å². The minimum atomic E-state index is 0.254. The van der Waals surface area contributed by atoms with Crippen molar-refractivity contribution in [3.05, 3.63) is 48.5 Å². The number of thiazole rings is 1. The number of imidazole rings is 1. The van der Waals surface area contributed by atoms with E-state index in [1.54, 1.807) is 30.6 Å². The van der Waals surface area contributed by atoms with Crippen molar-refractivity contribution < 1.29 is 9.84 Å². The lowest BCUT2D eigenvalue weighted by molar-refractivity contribution is 0.198. The molecule has 0 aliphatic carbocycles. The van der Waals surface area contributed by atoms with Gasteiger partial charge in [-0.2, -0.15) is 0 Å². The second-order valence-electron chi connectivity index (χ2n) is 5.82. The molecule has 25 heavy (non-hydrogen) atoms. The highest BCUT2D eigenvalue weighted by atomic mass is 32.1. The highest BCUT2D eigenvalue weighted by Crippen LogP contribution is 2.36. The molecule has 0 aliphatic rings. The standard InChI is InChI=1S/C19H19N3O2S/c1-24-12-4-11-20-18-17(13-7-9-14(23)10-8-13)21-19-22(18)15-5-2-3-6-16(15)25-19/h2-3,5-10,20,23H,4,11-12H2,1H3. The molecule has 0 saturated heterocycles. The Balaban J connectivity index is 1.84. The minimum absolute atomic E-state index is 0.254. The number of benzene rings is 2. The molecule has 0 radical (unpaired) electrons. The molecular formula is C19H19N3O2S. The van der Waals surface area contributed by atoms with Gasteiger partial charge in [0.2, 0.25) is 0 Å². The van der Waals surface area contributed by atoms with Crippen LogP contribution in [-0.2, 0) is 4.74 Å². The van der Waals surface area contributed by atoms with Crippen LogP contribution in [0.3, 0.4) is 0 Å². The van der Waals surface area contributed by atoms with Crippen LogP contribution in [0.25, 0.3) is 26.4 Å². The number of anilines is 1. The fraction of sp³-hybridized carbons (Fsp3) is 0.211. The number of nitrogens with one attached hydrogen (secondary N) is 1. The van der Waals surface area contributed by atoms with Gasteiger partial charge in [-0.15, -0.1) is 0 Å². The highest BCUT2D eigenvalue weighted by Gasteiger charge is 2.17. The van der Waals surface area contributed by atoms with Crippen molar-refractivity contribution in [2.45, 2.75) is 6.42 Å². The van der Waals surface area contributed by atoms with E-state index in [9.17, 15) is 5.11 Å². The summed E-state index contributed by atoms with van der Waals surface area (Å²) < 4.78 is 8.53. The molecule has 0 saturated carbocycles. The van der Waals surface area contributed by atoms with Crippen molar-refractivity contribution in [2.75, 3.05) is 25.6 Å². The van der Waals surface area contributed by atoms with Crippen LogP contribution in [0.15, 0.2) is 48.5 Å². The summed E-state index contributed by atoms with van der Waals surface area (Å²) in [6.45, 7) is 1.52. The fourth-order valence-electron chi connectivity index (χ4n) is 2.93. The molecule has 4 rings (SSSR count). The molecule has 2 N–H and O–H groups in total. The topological polar surface area (TPSA) is 58.8 Å².